The van der Waals surface area contributed by atoms with Crippen molar-refractivity contribution in [3.8, 4) is 0 Å². The summed E-state index contributed by atoms with van der Waals surface area (Å²) in [5.41, 5.74) is 7.94. The standard InChI is InChI=1S/C11H14N4/c12-11(5-6-11)4-3-9-14-8-2-1-7-13-10(8)15-9/h1-2,7H,3-6,12H2,(H,13,14,15). The van der Waals surface area contributed by atoms with Gasteiger partial charge in [0.15, 0.2) is 5.65 Å². The van der Waals surface area contributed by atoms with Gasteiger partial charge in [0.1, 0.15) is 5.82 Å². The van der Waals surface area contributed by atoms with Gasteiger partial charge in [-0.15, -0.1) is 0 Å². The van der Waals surface area contributed by atoms with Crippen molar-refractivity contribution in [3.63, 3.8) is 0 Å². The Morgan fingerprint density at radius 3 is 3.07 bits per heavy atom. The molecule has 2 aromatic heterocycles. The average molecular weight is 202 g/mol. The van der Waals surface area contributed by atoms with Crippen molar-refractivity contribution < 1.29 is 0 Å². The first-order valence-electron chi connectivity index (χ1n) is 5.34. The number of nitrogens with one attached hydrogen (secondary N) is 1. The molecule has 0 unspecified atom stereocenters. The predicted octanol–water partition coefficient (Wildman–Crippen LogP) is 1.38. The number of pyridine rings is 1. The maximum Gasteiger partial charge on any atom is 0.177 e. The van der Waals surface area contributed by atoms with Crippen LogP contribution in [0.25, 0.3) is 11.2 Å². The molecule has 4 heteroatoms. The van der Waals surface area contributed by atoms with Crippen LogP contribution in [0.5, 0.6) is 0 Å². The average Bonchev–Trinajstić information content (AvgIpc) is 2.83. The molecular formula is C11H14N4. The minimum absolute atomic E-state index is 0.104. The van der Waals surface area contributed by atoms with Crippen LogP contribution in [-0.2, 0) is 6.42 Å². The van der Waals surface area contributed by atoms with E-state index in [0.717, 1.165) is 42.7 Å². The van der Waals surface area contributed by atoms with Gasteiger partial charge in [0.25, 0.3) is 0 Å². The highest BCUT2D eigenvalue weighted by Gasteiger charge is 2.37. The van der Waals surface area contributed by atoms with Crippen LogP contribution in [0, 0.1) is 0 Å². The van der Waals surface area contributed by atoms with Gasteiger partial charge >= 0.3 is 0 Å². The summed E-state index contributed by atoms with van der Waals surface area (Å²) in [7, 11) is 0. The number of nitrogens with zero attached hydrogens (tertiary/aromatic N) is 2. The third-order valence-corrected chi connectivity index (χ3v) is 3.06. The minimum atomic E-state index is 0.104. The smallest absolute Gasteiger partial charge is 0.177 e. The van der Waals surface area contributed by atoms with Crippen LogP contribution in [0.3, 0.4) is 0 Å². The summed E-state index contributed by atoms with van der Waals surface area (Å²) in [4.78, 5) is 11.9. The zero-order chi connectivity index (χ0) is 10.3. The molecule has 0 amide bonds. The maximum atomic E-state index is 6.03. The van der Waals surface area contributed by atoms with E-state index in [4.69, 9.17) is 5.73 Å². The molecule has 2 heterocycles. The minimum Gasteiger partial charge on any atom is -0.341 e. The van der Waals surface area contributed by atoms with Crippen molar-refractivity contribution in [2.75, 3.05) is 0 Å². The van der Waals surface area contributed by atoms with Crippen molar-refractivity contribution in [2.45, 2.75) is 31.2 Å². The van der Waals surface area contributed by atoms with E-state index in [9.17, 15) is 0 Å². The molecule has 4 nitrogen and oxygen atoms in total. The fraction of sp³-hybridized carbons (Fsp3) is 0.455. The summed E-state index contributed by atoms with van der Waals surface area (Å²) in [6.45, 7) is 0. The number of aryl methyl sites for hydroxylation is 1. The number of nitrogens with two attached hydrogens (primary N) is 1. The summed E-state index contributed by atoms with van der Waals surface area (Å²) < 4.78 is 0. The number of aromatic nitrogens is 3. The molecule has 0 radical (unpaired) electrons. The van der Waals surface area contributed by atoms with E-state index in [1.807, 2.05) is 12.1 Å². The second kappa shape index (κ2) is 3.03. The van der Waals surface area contributed by atoms with Crippen molar-refractivity contribution in [3.05, 3.63) is 24.2 Å². The van der Waals surface area contributed by atoms with E-state index >= 15 is 0 Å². The first-order chi connectivity index (χ1) is 7.25. The molecule has 1 saturated carbocycles. The topological polar surface area (TPSA) is 67.6 Å². The first-order valence-corrected chi connectivity index (χ1v) is 5.34. The molecule has 1 aliphatic rings. The molecule has 3 rings (SSSR count). The molecular weight excluding hydrogens is 188 g/mol. The Morgan fingerprint density at radius 2 is 2.33 bits per heavy atom. The van der Waals surface area contributed by atoms with Gasteiger partial charge in [-0.2, -0.15) is 0 Å². The van der Waals surface area contributed by atoms with Gasteiger partial charge in [-0.1, -0.05) is 0 Å². The molecule has 0 aromatic carbocycles. The van der Waals surface area contributed by atoms with Crippen LogP contribution in [0.15, 0.2) is 18.3 Å². The fourth-order valence-electron chi connectivity index (χ4n) is 1.79. The van der Waals surface area contributed by atoms with E-state index in [0.29, 0.717) is 0 Å². The van der Waals surface area contributed by atoms with Crippen LogP contribution in [-0.4, -0.2) is 20.5 Å². The van der Waals surface area contributed by atoms with E-state index in [-0.39, 0.29) is 5.54 Å². The second-order valence-electron chi connectivity index (χ2n) is 4.42. The molecule has 0 spiro atoms. The molecule has 0 aliphatic heterocycles. The molecule has 2 aromatic rings. The van der Waals surface area contributed by atoms with Crippen molar-refractivity contribution in [1.29, 1.82) is 0 Å². The fourth-order valence-corrected chi connectivity index (χ4v) is 1.79. The van der Waals surface area contributed by atoms with Crippen molar-refractivity contribution in [2.24, 2.45) is 5.73 Å². The van der Waals surface area contributed by atoms with Crippen molar-refractivity contribution >= 4 is 11.2 Å². The van der Waals surface area contributed by atoms with Crippen LogP contribution in [0.4, 0.5) is 0 Å². The van der Waals surface area contributed by atoms with Gasteiger partial charge in [-0.05, 0) is 31.4 Å². The lowest BCUT2D eigenvalue weighted by Gasteiger charge is -2.04. The van der Waals surface area contributed by atoms with Gasteiger partial charge in [0.05, 0.1) is 5.52 Å². The van der Waals surface area contributed by atoms with E-state index in [1.54, 1.807) is 6.20 Å². The second-order valence-corrected chi connectivity index (χ2v) is 4.42. The van der Waals surface area contributed by atoms with Gasteiger partial charge in [0, 0.05) is 18.2 Å². The monoisotopic (exact) mass is 202 g/mol. The van der Waals surface area contributed by atoms with Gasteiger partial charge in [-0.3, -0.25) is 0 Å². The SMILES string of the molecule is NC1(CCc2nc3ncccc3[nH]2)CC1. The van der Waals surface area contributed by atoms with Gasteiger partial charge in [-0.25, -0.2) is 9.97 Å². The zero-order valence-electron chi connectivity index (χ0n) is 8.53. The number of imidazole rings is 1. The Labute approximate surface area is 87.9 Å². The molecule has 3 N–H and O–H groups in total. The molecule has 0 saturated heterocycles. The Morgan fingerprint density at radius 1 is 1.47 bits per heavy atom. The van der Waals surface area contributed by atoms with Gasteiger partial charge in [0.2, 0.25) is 0 Å². The predicted molar refractivity (Wildman–Crippen MR) is 58.4 cm³/mol. The lowest BCUT2D eigenvalue weighted by atomic mass is 10.1. The highest BCUT2D eigenvalue weighted by molar-refractivity contribution is 5.69. The molecule has 0 atom stereocenters. The number of hydrogen-bond donors (Lipinski definition) is 2. The molecule has 78 valence electrons. The molecule has 1 fully saturated rings. The molecule has 15 heavy (non-hydrogen) atoms. The zero-order valence-corrected chi connectivity index (χ0v) is 8.53. The summed E-state index contributed by atoms with van der Waals surface area (Å²) in [5.74, 6) is 1.00. The quantitative estimate of drug-likeness (QED) is 0.790. The Balaban J connectivity index is 1.79. The first kappa shape index (κ1) is 8.85. The summed E-state index contributed by atoms with van der Waals surface area (Å²) in [6, 6.07) is 3.91. The normalized spacial score (nSPS) is 18.2. The van der Waals surface area contributed by atoms with E-state index < -0.39 is 0 Å². The van der Waals surface area contributed by atoms with Crippen LogP contribution < -0.4 is 5.73 Å². The molecule has 1 aliphatic carbocycles. The van der Waals surface area contributed by atoms with Crippen LogP contribution >= 0.6 is 0 Å². The van der Waals surface area contributed by atoms with E-state index in [2.05, 4.69) is 15.0 Å². The number of aromatic amines is 1. The Bertz CT molecular complexity index is 451. The summed E-state index contributed by atoms with van der Waals surface area (Å²) in [5, 5.41) is 0. The van der Waals surface area contributed by atoms with Crippen LogP contribution in [0.1, 0.15) is 25.1 Å². The van der Waals surface area contributed by atoms with Gasteiger partial charge < -0.3 is 10.7 Å². The number of rotatable bonds is 3. The maximum absolute atomic E-state index is 6.03. The summed E-state index contributed by atoms with van der Waals surface area (Å²) >= 11 is 0. The largest absolute Gasteiger partial charge is 0.341 e. The number of fused-ring (bicyclic) bond motifs is 1. The lowest BCUT2D eigenvalue weighted by molar-refractivity contribution is 0.599. The third kappa shape index (κ3) is 1.72. The molecule has 0 bridgehead atoms. The Kier molecular flexibility index (Phi) is 1.79. The highest BCUT2D eigenvalue weighted by atomic mass is 15.0. The van der Waals surface area contributed by atoms with Crippen LogP contribution in [0.2, 0.25) is 0 Å². The number of H-pyrrole nitrogens is 1. The number of hydrogen-bond acceptors (Lipinski definition) is 3. The third-order valence-electron chi connectivity index (χ3n) is 3.06. The Hall–Kier alpha value is -1.42. The van der Waals surface area contributed by atoms with E-state index in [1.165, 1.54) is 0 Å². The summed E-state index contributed by atoms with van der Waals surface area (Å²) in [6.07, 6.45) is 6.02. The highest BCUT2D eigenvalue weighted by Crippen LogP contribution is 2.36. The lowest BCUT2D eigenvalue weighted by Crippen LogP contribution is -2.22. The van der Waals surface area contributed by atoms with Crippen molar-refractivity contribution in [1.82, 2.24) is 15.0 Å².